The number of likely N-dealkylation sites (tertiary alicyclic amines) is 1. The van der Waals surface area contributed by atoms with E-state index < -0.39 is 40.4 Å². The number of aliphatic hydroxyl groups is 1. The molecule has 0 aliphatic carbocycles. The van der Waals surface area contributed by atoms with Crippen molar-refractivity contribution in [3.8, 4) is 0 Å². The molecule has 3 unspecified atom stereocenters. The molecule has 3 atom stereocenters. The molecule has 0 spiro atoms. The van der Waals surface area contributed by atoms with Gasteiger partial charge in [0.15, 0.2) is 5.96 Å². The third-order valence-corrected chi connectivity index (χ3v) is 8.59. The Kier molecular flexibility index (Phi) is 9.38. The van der Waals surface area contributed by atoms with Crippen LogP contribution in [0.15, 0.2) is 47.4 Å². The number of morpholine rings is 1. The first-order valence-electron chi connectivity index (χ1n) is 13.0. The summed E-state index contributed by atoms with van der Waals surface area (Å²) in [5.41, 5.74) is 5.60. The Balaban J connectivity index is 1.48. The number of nitrogens with two attached hydrogens (primary N) is 1. The molecule has 2 aliphatic heterocycles. The van der Waals surface area contributed by atoms with Gasteiger partial charge < -0.3 is 30.7 Å². The molecule has 13 heteroatoms. The van der Waals surface area contributed by atoms with Gasteiger partial charge in [-0.2, -0.15) is 4.72 Å². The van der Waals surface area contributed by atoms with Crippen molar-refractivity contribution in [2.75, 3.05) is 45.9 Å². The predicted octanol–water partition coefficient (Wildman–Crippen LogP) is -0.182. The molecule has 0 saturated carbocycles. The van der Waals surface area contributed by atoms with Crippen LogP contribution in [0.1, 0.15) is 19.3 Å². The van der Waals surface area contributed by atoms with Crippen molar-refractivity contribution in [2.24, 2.45) is 11.7 Å². The standard InChI is InChI=1S/C26H36N6O6S/c27-26(28)32-9-3-4-18(15-32)14-29-24(34)13-23(25(35)31-10-11-38-21(16-31)17-33)30-39(36,37)22-8-7-19-5-1-2-6-20(19)12-22/h1-2,5-8,12,18,21,23,30,33H,3-4,9-11,13-17H2,(H3,27,28)(H,29,34). The SMILES string of the molecule is N=C(N)N1CCCC(CNC(=O)CC(NS(=O)(=O)c2ccc3ccccc3c2)C(=O)N2CCOC(CO)C2)C1. The van der Waals surface area contributed by atoms with E-state index in [9.17, 15) is 23.1 Å². The summed E-state index contributed by atoms with van der Waals surface area (Å²) in [7, 11) is -4.15. The van der Waals surface area contributed by atoms with Crippen LogP contribution in [0.2, 0.25) is 0 Å². The maximum absolute atomic E-state index is 13.5. The molecule has 2 aromatic carbocycles. The molecule has 39 heavy (non-hydrogen) atoms. The highest BCUT2D eigenvalue weighted by Crippen LogP contribution is 2.20. The second kappa shape index (κ2) is 12.7. The van der Waals surface area contributed by atoms with Crippen LogP contribution in [0.3, 0.4) is 0 Å². The number of guanidine groups is 1. The average molecular weight is 561 g/mol. The fourth-order valence-corrected chi connectivity index (χ4v) is 6.21. The number of ether oxygens (including phenoxy) is 1. The number of piperidine rings is 1. The highest BCUT2D eigenvalue weighted by Gasteiger charge is 2.34. The fraction of sp³-hybridized carbons (Fsp3) is 0.500. The number of hydrogen-bond acceptors (Lipinski definition) is 7. The summed E-state index contributed by atoms with van der Waals surface area (Å²) in [5, 5.41) is 21.5. The highest BCUT2D eigenvalue weighted by atomic mass is 32.2. The molecule has 2 saturated heterocycles. The van der Waals surface area contributed by atoms with Crippen molar-refractivity contribution in [1.29, 1.82) is 5.41 Å². The van der Waals surface area contributed by atoms with Crippen LogP contribution < -0.4 is 15.8 Å². The van der Waals surface area contributed by atoms with Crippen molar-refractivity contribution in [3.05, 3.63) is 42.5 Å². The van der Waals surface area contributed by atoms with E-state index in [0.29, 0.717) is 19.6 Å². The molecule has 0 bridgehead atoms. The van der Waals surface area contributed by atoms with Gasteiger partial charge in [0.25, 0.3) is 0 Å². The van der Waals surface area contributed by atoms with Crippen LogP contribution in [0.4, 0.5) is 0 Å². The molecule has 212 valence electrons. The van der Waals surface area contributed by atoms with E-state index in [1.807, 2.05) is 12.1 Å². The summed E-state index contributed by atoms with van der Waals surface area (Å²) in [4.78, 5) is 29.6. The van der Waals surface area contributed by atoms with E-state index in [1.54, 1.807) is 23.1 Å². The Labute approximate surface area is 228 Å². The van der Waals surface area contributed by atoms with Gasteiger partial charge in [0.2, 0.25) is 21.8 Å². The van der Waals surface area contributed by atoms with Crippen LogP contribution >= 0.6 is 0 Å². The summed E-state index contributed by atoms with van der Waals surface area (Å²) in [5.74, 6) is -0.954. The number of nitrogens with zero attached hydrogens (tertiary/aromatic N) is 2. The summed E-state index contributed by atoms with van der Waals surface area (Å²) < 4.78 is 34.6. The zero-order valence-corrected chi connectivity index (χ0v) is 22.5. The average Bonchev–Trinajstić information content (AvgIpc) is 2.95. The Morgan fingerprint density at radius 2 is 1.90 bits per heavy atom. The molecular formula is C26H36N6O6S. The van der Waals surface area contributed by atoms with Crippen LogP contribution in [0.5, 0.6) is 0 Å². The lowest BCUT2D eigenvalue weighted by Gasteiger charge is -2.34. The minimum Gasteiger partial charge on any atom is -0.394 e. The van der Waals surface area contributed by atoms with E-state index in [0.717, 1.165) is 23.6 Å². The molecule has 2 aromatic rings. The maximum Gasteiger partial charge on any atom is 0.241 e. The monoisotopic (exact) mass is 560 g/mol. The number of hydrogen-bond donors (Lipinski definition) is 5. The van der Waals surface area contributed by atoms with E-state index in [1.165, 1.54) is 17.0 Å². The number of carbonyl (C=O) groups excluding carboxylic acids is 2. The van der Waals surface area contributed by atoms with Crippen LogP contribution in [-0.4, -0.2) is 99.2 Å². The minimum absolute atomic E-state index is 0.00789. The third-order valence-electron chi connectivity index (χ3n) is 7.12. The quantitative estimate of drug-likeness (QED) is 0.207. The van der Waals surface area contributed by atoms with Crippen molar-refractivity contribution in [2.45, 2.75) is 36.3 Å². The Bertz CT molecular complexity index is 1300. The number of nitrogens with one attached hydrogen (secondary N) is 3. The molecule has 2 aliphatic rings. The number of amides is 2. The van der Waals surface area contributed by atoms with Crippen molar-refractivity contribution >= 4 is 38.6 Å². The van der Waals surface area contributed by atoms with Gasteiger partial charge in [-0.25, -0.2) is 8.42 Å². The van der Waals surface area contributed by atoms with Gasteiger partial charge in [-0.3, -0.25) is 15.0 Å². The first-order valence-corrected chi connectivity index (χ1v) is 14.5. The summed E-state index contributed by atoms with van der Waals surface area (Å²) in [6.07, 6.45) is 0.730. The second-order valence-corrected chi connectivity index (χ2v) is 11.7. The number of sulfonamides is 1. The first-order chi connectivity index (χ1) is 18.7. The molecule has 2 amide bonds. The fourth-order valence-electron chi connectivity index (χ4n) is 4.99. The second-order valence-electron chi connectivity index (χ2n) is 9.99. The molecule has 6 N–H and O–H groups in total. The molecule has 4 rings (SSSR count). The number of aliphatic hydroxyl groups excluding tert-OH is 1. The normalized spacial score (nSPS) is 20.9. The summed E-state index contributed by atoms with van der Waals surface area (Å²) in [6.45, 7) is 1.79. The van der Waals surface area contributed by atoms with Crippen molar-refractivity contribution in [3.63, 3.8) is 0 Å². The Morgan fingerprint density at radius 3 is 2.64 bits per heavy atom. The largest absolute Gasteiger partial charge is 0.394 e. The number of fused-ring (bicyclic) bond motifs is 1. The van der Waals surface area contributed by atoms with Crippen LogP contribution in [0.25, 0.3) is 10.8 Å². The zero-order chi connectivity index (χ0) is 28.0. The lowest BCUT2D eigenvalue weighted by atomic mass is 9.98. The zero-order valence-electron chi connectivity index (χ0n) is 21.7. The van der Waals surface area contributed by atoms with Crippen LogP contribution in [-0.2, 0) is 24.3 Å². The molecule has 2 fully saturated rings. The van der Waals surface area contributed by atoms with Crippen molar-refractivity contribution < 1.29 is 27.9 Å². The smallest absolute Gasteiger partial charge is 0.241 e. The van der Waals surface area contributed by atoms with Gasteiger partial charge in [0, 0.05) is 32.7 Å². The van der Waals surface area contributed by atoms with Gasteiger partial charge in [-0.05, 0) is 41.7 Å². The van der Waals surface area contributed by atoms with Gasteiger partial charge in [-0.15, -0.1) is 0 Å². The number of benzene rings is 2. The third kappa shape index (κ3) is 7.44. The maximum atomic E-state index is 13.5. The van der Waals surface area contributed by atoms with Gasteiger partial charge >= 0.3 is 0 Å². The van der Waals surface area contributed by atoms with Crippen LogP contribution in [0, 0.1) is 11.3 Å². The topological polar surface area (TPSA) is 178 Å². The minimum atomic E-state index is -4.15. The Morgan fingerprint density at radius 1 is 1.13 bits per heavy atom. The van der Waals surface area contributed by atoms with E-state index in [4.69, 9.17) is 15.9 Å². The molecular weight excluding hydrogens is 524 g/mol. The van der Waals surface area contributed by atoms with Gasteiger partial charge in [0.05, 0.1) is 30.6 Å². The van der Waals surface area contributed by atoms with E-state index in [-0.39, 0.29) is 43.1 Å². The van der Waals surface area contributed by atoms with Crippen molar-refractivity contribution in [1.82, 2.24) is 19.8 Å². The highest BCUT2D eigenvalue weighted by molar-refractivity contribution is 7.89. The Hall–Kier alpha value is -3.26. The van der Waals surface area contributed by atoms with Gasteiger partial charge in [0.1, 0.15) is 6.04 Å². The predicted molar refractivity (Wildman–Crippen MR) is 145 cm³/mol. The van der Waals surface area contributed by atoms with E-state index >= 15 is 0 Å². The summed E-state index contributed by atoms with van der Waals surface area (Å²) in [6, 6.07) is 10.7. The number of rotatable bonds is 9. The molecule has 0 radical (unpaired) electrons. The first kappa shape index (κ1) is 28.7. The molecule has 12 nitrogen and oxygen atoms in total. The molecule has 0 aromatic heterocycles. The van der Waals surface area contributed by atoms with E-state index in [2.05, 4.69) is 10.0 Å². The molecule has 2 heterocycles. The number of carbonyl (C=O) groups is 2. The lowest BCUT2D eigenvalue weighted by Crippen LogP contribution is -2.55. The lowest BCUT2D eigenvalue weighted by molar-refractivity contribution is -0.143. The van der Waals surface area contributed by atoms with Gasteiger partial charge in [-0.1, -0.05) is 30.3 Å². The summed E-state index contributed by atoms with van der Waals surface area (Å²) >= 11 is 0.